The smallest absolute Gasteiger partial charge is 0.475 e. The van der Waals surface area contributed by atoms with Crippen molar-refractivity contribution in [3.63, 3.8) is 0 Å². The zero-order valence-electron chi connectivity index (χ0n) is 18.6. The van der Waals surface area contributed by atoms with E-state index in [4.69, 9.17) is 9.90 Å². The molecule has 0 atom stereocenters. The first-order valence-corrected chi connectivity index (χ1v) is 11.5. The van der Waals surface area contributed by atoms with Gasteiger partial charge in [0.2, 0.25) is 15.9 Å². The number of aliphatic carboxylic acids is 1. The van der Waals surface area contributed by atoms with Crippen molar-refractivity contribution in [3.05, 3.63) is 29.3 Å². The average Bonchev–Trinajstić information content (AvgIpc) is 2.69. The minimum atomic E-state index is -5.08. The quantitative estimate of drug-likeness (QED) is 0.644. The Morgan fingerprint density at radius 2 is 1.72 bits per heavy atom. The van der Waals surface area contributed by atoms with Gasteiger partial charge < -0.3 is 15.3 Å². The SMILES string of the molecule is Cc1ccc(C)c(S(=O)(=O)N(CC(=O)N2CCNCC2)CC(C)C)c1.O=C(O)C(F)(F)F. The van der Waals surface area contributed by atoms with Crippen molar-refractivity contribution in [2.24, 2.45) is 5.92 Å². The van der Waals surface area contributed by atoms with Gasteiger partial charge in [0.25, 0.3) is 0 Å². The zero-order chi connectivity index (χ0) is 24.7. The summed E-state index contributed by atoms with van der Waals surface area (Å²) in [5.41, 5.74) is 1.59. The molecular formula is C20H30F3N3O5S. The second-order valence-electron chi connectivity index (χ2n) is 7.89. The number of nitrogens with one attached hydrogen (secondary N) is 1. The molecule has 12 heteroatoms. The summed E-state index contributed by atoms with van der Waals surface area (Å²) < 4.78 is 59.5. The van der Waals surface area contributed by atoms with Gasteiger partial charge in [-0.05, 0) is 37.0 Å². The molecule has 8 nitrogen and oxygen atoms in total. The molecule has 2 rings (SSSR count). The molecule has 1 heterocycles. The monoisotopic (exact) mass is 481 g/mol. The number of alkyl halides is 3. The number of carboxylic acid groups (broad SMARTS) is 1. The summed E-state index contributed by atoms with van der Waals surface area (Å²) in [5, 5.41) is 10.3. The summed E-state index contributed by atoms with van der Waals surface area (Å²) in [6.07, 6.45) is -5.08. The maximum Gasteiger partial charge on any atom is 0.490 e. The predicted octanol–water partition coefficient (Wildman–Crippen LogP) is 2.02. The van der Waals surface area contributed by atoms with Gasteiger partial charge in [0.15, 0.2) is 0 Å². The third kappa shape index (κ3) is 8.40. The normalized spacial score (nSPS) is 14.8. The van der Waals surface area contributed by atoms with E-state index in [2.05, 4.69) is 5.32 Å². The molecule has 0 aliphatic carbocycles. The van der Waals surface area contributed by atoms with Crippen LogP contribution in [-0.2, 0) is 19.6 Å². The highest BCUT2D eigenvalue weighted by atomic mass is 32.2. The maximum absolute atomic E-state index is 13.2. The van der Waals surface area contributed by atoms with Crippen molar-refractivity contribution >= 4 is 21.9 Å². The van der Waals surface area contributed by atoms with Crippen molar-refractivity contribution in [2.45, 2.75) is 38.8 Å². The summed E-state index contributed by atoms with van der Waals surface area (Å²) in [4.78, 5) is 23.5. The van der Waals surface area contributed by atoms with Gasteiger partial charge in [0.1, 0.15) is 0 Å². The predicted molar refractivity (Wildman–Crippen MR) is 113 cm³/mol. The van der Waals surface area contributed by atoms with Crippen molar-refractivity contribution in [2.75, 3.05) is 39.3 Å². The number of nitrogens with zero attached hydrogens (tertiary/aromatic N) is 2. The molecule has 1 fully saturated rings. The van der Waals surface area contributed by atoms with Crippen LogP contribution in [0.4, 0.5) is 13.2 Å². The molecule has 182 valence electrons. The van der Waals surface area contributed by atoms with E-state index >= 15 is 0 Å². The number of hydrogen-bond donors (Lipinski definition) is 2. The Morgan fingerprint density at radius 1 is 1.19 bits per heavy atom. The van der Waals surface area contributed by atoms with E-state index in [0.717, 1.165) is 18.7 Å². The Hall–Kier alpha value is -2.18. The highest BCUT2D eigenvalue weighted by molar-refractivity contribution is 7.89. The van der Waals surface area contributed by atoms with Gasteiger partial charge >= 0.3 is 12.1 Å². The number of carboxylic acids is 1. The van der Waals surface area contributed by atoms with Gasteiger partial charge in [-0.1, -0.05) is 26.0 Å². The van der Waals surface area contributed by atoms with Crippen LogP contribution in [-0.4, -0.2) is 80.1 Å². The van der Waals surface area contributed by atoms with Crippen LogP contribution in [0.5, 0.6) is 0 Å². The summed E-state index contributed by atoms with van der Waals surface area (Å²) in [7, 11) is -3.71. The van der Waals surface area contributed by atoms with E-state index in [9.17, 15) is 26.4 Å². The minimum Gasteiger partial charge on any atom is -0.475 e. The van der Waals surface area contributed by atoms with Crippen molar-refractivity contribution in [3.8, 4) is 0 Å². The average molecular weight is 482 g/mol. The Bertz CT molecular complexity index is 898. The van der Waals surface area contributed by atoms with Crippen LogP contribution in [0.2, 0.25) is 0 Å². The lowest BCUT2D eigenvalue weighted by Gasteiger charge is -2.31. The molecule has 0 unspecified atom stereocenters. The molecule has 1 aromatic rings. The van der Waals surface area contributed by atoms with Crippen LogP contribution < -0.4 is 5.32 Å². The lowest BCUT2D eigenvalue weighted by Crippen LogP contribution is -2.50. The molecule has 1 aromatic carbocycles. The lowest BCUT2D eigenvalue weighted by atomic mass is 10.2. The number of hydrogen-bond acceptors (Lipinski definition) is 5. The Labute approximate surface area is 186 Å². The highest BCUT2D eigenvalue weighted by Gasteiger charge is 2.38. The molecule has 1 amide bonds. The van der Waals surface area contributed by atoms with Crippen molar-refractivity contribution < 1.29 is 36.3 Å². The largest absolute Gasteiger partial charge is 0.490 e. The Kier molecular flexibility index (Phi) is 10.1. The molecule has 0 saturated carbocycles. The summed E-state index contributed by atoms with van der Waals surface area (Å²) in [6, 6.07) is 5.40. The number of aryl methyl sites for hydroxylation is 2. The first-order valence-electron chi connectivity index (χ1n) is 10.0. The van der Waals surface area contributed by atoms with Crippen LogP contribution in [0.15, 0.2) is 23.1 Å². The number of amides is 1. The molecule has 0 radical (unpaired) electrons. The number of piperazine rings is 1. The molecular weight excluding hydrogens is 451 g/mol. The minimum absolute atomic E-state index is 0.103. The molecule has 0 aromatic heterocycles. The highest BCUT2D eigenvalue weighted by Crippen LogP contribution is 2.22. The Balaban J connectivity index is 0.000000633. The van der Waals surface area contributed by atoms with Crippen LogP contribution in [0.25, 0.3) is 0 Å². The molecule has 1 aliphatic rings. The fraction of sp³-hybridized carbons (Fsp3) is 0.600. The summed E-state index contributed by atoms with van der Waals surface area (Å²) in [5.74, 6) is -2.75. The molecule has 2 N–H and O–H groups in total. The standard InChI is InChI=1S/C18H29N3O3S.C2HF3O2/c1-14(2)12-21(13-18(22)20-9-7-19-8-10-20)25(23,24)17-11-15(3)5-6-16(17)4;3-2(4,5)1(6)7/h5-6,11,14,19H,7-10,12-13H2,1-4H3;(H,6,7). The number of carbonyl (C=O) groups excluding carboxylic acids is 1. The third-order valence-electron chi connectivity index (χ3n) is 4.55. The number of carbonyl (C=O) groups is 2. The van der Waals surface area contributed by atoms with Gasteiger partial charge in [-0.3, -0.25) is 4.79 Å². The lowest BCUT2D eigenvalue weighted by molar-refractivity contribution is -0.192. The van der Waals surface area contributed by atoms with E-state index in [-0.39, 0.29) is 18.4 Å². The second kappa shape index (κ2) is 11.6. The Morgan fingerprint density at radius 3 is 2.19 bits per heavy atom. The van der Waals surface area contributed by atoms with Crippen molar-refractivity contribution in [1.82, 2.24) is 14.5 Å². The van der Waals surface area contributed by atoms with Gasteiger partial charge in [-0.25, -0.2) is 13.2 Å². The van der Waals surface area contributed by atoms with Crippen LogP contribution in [0.1, 0.15) is 25.0 Å². The van der Waals surface area contributed by atoms with Gasteiger partial charge in [-0.15, -0.1) is 0 Å². The maximum atomic E-state index is 13.2. The second-order valence-corrected chi connectivity index (χ2v) is 9.80. The zero-order valence-corrected chi connectivity index (χ0v) is 19.4. The topological polar surface area (TPSA) is 107 Å². The van der Waals surface area contributed by atoms with Crippen LogP contribution >= 0.6 is 0 Å². The molecule has 0 bridgehead atoms. The van der Waals surface area contributed by atoms with E-state index in [0.29, 0.717) is 30.1 Å². The van der Waals surface area contributed by atoms with E-state index in [1.165, 1.54) is 4.31 Å². The first-order chi connectivity index (χ1) is 14.7. The molecule has 1 aliphatic heterocycles. The number of halogens is 3. The third-order valence-corrected chi connectivity index (χ3v) is 6.51. The fourth-order valence-corrected chi connectivity index (χ4v) is 4.81. The van der Waals surface area contributed by atoms with Crippen LogP contribution in [0.3, 0.4) is 0 Å². The summed E-state index contributed by atoms with van der Waals surface area (Å²) in [6.45, 7) is 10.5. The number of sulfonamides is 1. The van der Waals surface area contributed by atoms with E-state index in [1.54, 1.807) is 17.9 Å². The molecule has 1 saturated heterocycles. The van der Waals surface area contributed by atoms with Gasteiger partial charge in [0, 0.05) is 32.7 Å². The summed E-state index contributed by atoms with van der Waals surface area (Å²) >= 11 is 0. The number of rotatable bonds is 6. The fourth-order valence-electron chi connectivity index (χ4n) is 2.94. The van der Waals surface area contributed by atoms with Gasteiger partial charge in [0.05, 0.1) is 11.4 Å². The number of benzene rings is 1. The molecule has 32 heavy (non-hydrogen) atoms. The van der Waals surface area contributed by atoms with Crippen LogP contribution in [0, 0.1) is 19.8 Å². The van der Waals surface area contributed by atoms with Gasteiger partial charge in [-0.2, -0.15) is 17.5 Å². The van der Waals surface area contributed by atoms with E-state index < -0.39 is 22.2 Å². The first kappa shape index (κ1) is 27.9. The van der Waals surface area contributed by atoms with E-state index in [1.807, 2.05) is 32.9 Å². The molecule has 0 spiro atoms. The van der Waals surface area contributed by atoms with Crippen molar-refractivity contribution in [1.29, 1.82) is 0 Å².